The van der Waals surface area contributed by atoms with Crippen molar-refractivity contribution in [2.75, 3.05) is 6.61 Å². The van der Waals surface area contributed by atoms with Crippen LogP contribution in [-0.4, -0.2) is 28.7 Å². The molecule has 0 aromatic carbocycles. The molecule has 25 heavy (non-hydrogen) atoms. The third-order valence-corrected chi connectivity index (χ3v) is 8.75. The maximum Gasteiger partial charge on any atom is 0.137 e. The van der Waals surface area contributed by atoms with Crippen LogP contribution >= 0.6 is 0 Å². The molecule has 4 aliphatic carbocycles. The van der Waals surface area contributed by atoms with Crippen LogP contribution in [0.15, 0.2) is 11.6 Å². The highest BCUT2D eigenvalue weighted by molar-refractivity contribution is 5.84. The number of aliphatic hydroxyl groups is 2. The molecule has 0 aromatic heterocycles. The first-order chi connectivity index (χ1) is 11.9. The average molecular weight is 347 g/mol. The number of fused-ring (bicyclic) bond motifs is 5. The highest BCUT2D eigenvalue weighted by Gasteiger charge is 2.61. The van der Waals surface area contributed by atoms with Crippen LogP contribution in [0.25, 0.3) is 0 Å². The first-order valence-electron chi connectivity index (χ1n) is 10.4. The van der Waals surface area contributed by atoms with Crippen LogP contribution in [0.4, 0.5) is 0 Å². The summed E-state index contributed by atoms with van der Waals surface area (Å²) < 4.78 is 0. The summed E-state index contributed by atoms with van der Waals surface area (Å²) in [6, 6.07) is 0. The molecule has 2 N–H and O–H groups in total. The van der Waals surface area contributed by atoms with Gasteiger partial charge in [-0.15, -0.1) is 0 Å². The second-order valence-corrected chi connectivity index (χ2v) is 9.82. The largest absolute Gasteiger partial charge is 0.393 e. The van der Waals surface area contributed by atoms with Gasteiger partial charge in [-0.3, -0.25) is 4.79 Å². The molecule has 0 aliphatic heterocycles. The smallest absolute Gasteiger partial charge is 0.137 e. The van der Waals surface area contributed by atoms with E-state index in [1.165, 1.54) is 24.8 Å². The second kappa shape index (κ2) is 6.20. The van der Waals surface area contributed by atoms with Gasteiger partial charge in [-0.1, -0.05) is 25.5 Å². The number of aliphatic hydroxyl groups excluding tert-OH is 2. The van der Waals surface area contributed by atoms with Crippen LogP contribution in [0, 0.1) is 34.5 Å². The van der Waals surface area contributed by atoms with Gasteiger partial charge in [0.2, 0.25) is 0 Å². The van der Waals surface area contributed by atoms with Crippen LogP contribution in [0.1, 0.15) is 71.6 Å². The van der Waals surface area contributed by atoms with E-state index in [4.69, 9.17) is 0 Å². The second-order valence-electron chi connectivity index (χ2n) is 9.82. The third kappa shape index (κ3) is 2.56. The van der Waals surface area contributed by atoms with Gasteiger partial charge in [0.15, 0.2) is 0 Å². The molecule has 4 saturated carbocycles. The van der Waals surface area contributed by atoms with E-state index in [2.05, 4.69) is 13.8 Å². The molecule has 3 nitrogen and oxygen atoms in total. The van der Waals surface area contributed by atoms with E-state index < -0.39 is 0 Å². The molecule has 0 amide bonds. The Morgan fingerprint density at radius 2 is 2.00 bits per heavy atom. The summed E-state index contributed by atoms with van der Waals surface area (Å²) in [4.78, 5) is 13.4. The lowest BCUT2D eigenvalue weighted by Gasteiger charge is -2.61. The van der Waals surface area contributed by atoms with Gasteiger partial charge in [0.25, 0.3) is 0 Å². The lowest BCUT2D eigenvalue weighted by atomic mass is 9.42. The molecule has 3 heteroatoms. The highest BCUT2D eigenvalue weighted by atomic mass is 16.3. The fourth-order valence-corrected chi connectivity index (χ4v) is 7.55. The van der Waals surface area contributed by atoms with Crippen molar-refractivity contribution in [1.82, 2.24) is 0 Å². The van der Waals surface area contributed by atoms with Crippen LogP contribution < -0.4 is 0 Å². The molecule has 0 aromatic rings. The van der Waals surface area contributed by atoms with E-state index >= 15 is 0 Å². The van der Waals surface area contributed by atoms with E-state index in [1.807, 2.05) is 6.08 Å². The zero-order valence-electron chi connectivity index (χ0n) is 15.8. The van der Waals surface area contributed by atoms with Crippen LogP contribution in [0.3, 0.4) is 0 Å². The number of allylic oxidation sites excluding steroid dienone is 1. The first kappa shape index (κ1) is 17.7. The minimum Gasteiger partial charge on any atom is -0.393 e. The monoisotopic (exact) mass is 346 g/mol. The lowest BCUT2D eigenvalue weighted by Crippen LogP contribution is -2.58. The van der Waals surface area contributed by atoms with Gasteiger partial charge in [0.05, 0.1) is 12.7 Å². The van der Waals surface area contributed by atoms with Crippen molar-refractivity contribution in [2.24, 2.45) is 34.5 Å². The predicted molar refractivity (Wildman–Crippen MR) is 97.9 cm³/mol. The Balaban J connectivity index is 1.69. The van der Waals surface area contributed by atoms with Crippen LogP contribution in [-0.2, 0) is 4.79 Å². The van der Waals surface area contributed by atoms with Crippen molar-refractivity contribution in [3.63, 3.8) is 0 Å². The number of hydrogen-bond acceptors (Lipinski definition) is 3. The van der Waals surface area contributed by atoms with Gasteiger partial charge in [-0.25, -0.2) is 0 Å². The average Bonchev–Trinajstić information content (AvgIpc) is 2.56. The van der Waals surface area contributed by atoms with Gasteiger partial charge in [0.1, 0.15) is 5.78 Å². The molecular weight excluding hydrogens is 312 g/mol. The number of Topliss-reactive ketones (excluding diaryl/α,β-unsaturated/α-hetero) is 1. The summed E-state index contributed by atoms with van der Waals surface area (Å²) in [5.74, 6) is 2.28. The summed E-state index contributed by atoms with van der Waals surface area (Å²) in [5, 5.41) is 19.6. The fourth-order valence-electron chi connectivity index (χ4n) is 7.55. The summed E-state index contributed by atoms with van der Waals surface area (Å²) in [6.45, 7) is 4.75. The zero-order chi connectivity index (χ0) is 17.8. The number of ketones is 1. The van der Waals surface area contributed by atoms with Gasteiger partial charge in [-0.2, -0.15) is 0 Å². The quantitative estimate of drug-likeness (QED) is 0.709. The Labute approximate surface area is 151 Å². The summed E-state index contributed by atoms with van der Waals surface area (Å²) >= 11 is 0. The minimum absolute atomic E-state index is 0.0311. The molecule has 4 aliphatic rings. The zero-order valence-corrected chi connectivity index (χ0v) is 15.8. The molecule has 0 unspecified atom stereocenters. The SMILES string of the molecule is C[C@]12CC[C@@H](O)C[C@H]1CC[C@@H]1[C@@H]2C(=O)C[C@]2(C)/C(=C/CO)CCC[C@@H]12. The molecule has 0 radical (unpaired) electrons. The standard InChI is InChI=1S/C22H34O3/c1-21-10-8-16(24)12-15(21)6-7-17-18-5-3-4-14(9-11-23)22(18,2)13-19(25)20(17)21/h9,15-18,20,23-24H,3-8,10-13H2,1-2H3/b14-9+/t15-,16-,17+,18+,20-,21+,22-/m1/s1. The molecule has 0 heterocycles. The summed E-state index contributed by atoms with van der Waals surface area (Å²) in [7, 11) is 0. The maximum absolute atomic E-state index is 13.4. The Hall–Kier alpha value is -0.670. The molecule has 0 saturated heterocycles. The van der Waals surface area contributed by atoms with Gasteiger partial charge >= 0.3 is 0 Å². The van der Waals surface area contributed by atoms with E-state index in [9.17, 15) is 15.0 Å². The van der Waals surface area contributed by atoms with Crippen molar-refractivity contribution in [3.8, 4) is 0 Å². The topological polar surface area (TPSA) is 57.5 Å². The highest BCUT2D eigenvalue weighted by Crippen LogP contribution is 2.65. The molecule has 4 fully saturated rings. The Morgan fingerprint density at radius 3 is 2.76 bits per heavy atom. The number of carbonyl (C=O) groups excluding carboxylic acids is 1. The molecular formula is C22H34O3. The third-order valence-electron chi connectivity index (χ3n) is 8.75. The minimum atomic E-state index is -0.160. The molecule has 4 rings (SSSR count). The molecule has 140 valence electrons. The normalized spacial score (nSPS) is 51.6. The Morgan fingerprint density at radius 1 is 1.20 bits per heavy atom. The number of hydrogen-bond donors (Lipinski definition) is 2. The maximum atomic E-state index is 13.4. The molecule has 0 spiro atoms. The van der Waals surface area contributed by atoms with Crippen LogP contribution in [0.2, 0.25) is 0 Å². The molecule has 7 atom stereocenters. The van der Waals surface area contributed by atoms with Crippen LogP contribution in [0.5, 0.6) is 0 Å². The van der Waals surface area contributed by atoms with E-state index in [-0.39, 0.29) is 29.5 Å². The van der Waals surface area contributed by atoms with Crippen molar-refractivity contribution in [1.29, 1.82) is 0 Å². The van der Waals surface area contributed by atoms with E-state index in [1.54, 1.807) is 0 Å². The molecule has 0 bridgehead atoms. The van der Waals surface area contributed by atoms with Gasteiger partial charge < -0.3 is 10.2 Å². The van der Waals surface area contributed by atoms with Crippen molar-refractivity contribution in [2.45, 2.75) is 77.7 Å². The first-order valence-corrected chi connectivity index (χ1v) is 10.4. The predicted octanol–water partition coefficient (Wildman–Crippen LogP) is 3.88. The summed E-state index contributed by atoms with van der Waals surface area (Å²) in [5.41, 5.74) is 1.40. The van der Waals surface area contributed by atoms with Crippen molar-refractivity contribution in [3.05, 3.63) is 11.6 Å². The van der Waals surface area contributed by atoms with E-state index in [0.717, 1.165) is 32.1 Å². The van der Waals surface area contributed by atoms with Crippen molar-refractivity contribution < 1.29 is 15.0 Å². The fraction of sp³-hybridized carbons (Fsp3) is 0.864. The Bertz CT molecular complexity index is 582. The summed E-state index contributed by atoms with van der Waals surface area (Å²) in [6.07, 6.45) is 11.1. The Kier molecular flexibility index (Phi) is 4.39. The lowest BCUT2D eigenvalue weighted by molar-refractivity contribution is -0.161. The number of rotatable bonds is 1. The number of carbonyl (C=O) groups is 1. The van der Waals surface area contributed by atoms with Gasteiger partial charge in [-0.05, 0) is 80.0 Å². The van der Waals surface area contributed by atoms with Gasteiger partial charge in [0, 0.05) is 12.3 Å². The van der Waals surface area contributed by atoms with Crippen molar-refractivity contribution >= 4 is 5.78 Å². The van der Waals surface area contributed by atoms with E-state index in [0.29, 0.717) is 30.0 Å².